The summed E-state index contributed by atoms with van der Waals surface area (Å²) in [5.74, 6) is 0.772. The van der Waals surface area contributed by atoms with Gasteiger partial charge in [-0.15, -0.1) is 0 Å². The van der Waals surface area contributed by atoms with Gasteiger partial charge in [-0.25, -0.2) is 0 Å². The Balaban J connectivity index is 2.55. The molecule has 116 valence electrons. The van der Waals surface area contributed by atoms with Crippen molar-refractivity contribution in [2.45, 2.75) is 39.5 Å². The van der Waals surface area contributed by atoms with E-state index >= 15 is 0 Å². The van der Waals surface area contributed by atoms with Crippen LogP contribution in [0.2, 0.25) is 0 Å². The Bertz CT molecular complexity index is 650. The largest absolute Gasteiger partial charge is 0.399 e. The summed E-state index contributed by atoms with van der Waals surface area (Å²) in [6.45, 7) is 13.0. The molecule has 0 fully saturated rings. The van der Waals surface area contributed by atoms with E-state index in [0.717, 1.165) is 28.1 Å². The van der Waals surface area contributed by atoms with E-state index in [1.807, 2.05) is 24.3 Å². The lowest BCUT2D eigenvalue weighted by atomic mass is 9.87. The second-order valence-corrected chi connectivity index (χ2v) is 6.48. The molecule has 0 aromatic heterocycles. The Morgan fingerprint density at radius 1 is 0.818 bits per heavy atom. The summed E-state index contributed by atoms with van der Waals surface area (Å²) < 4.78 is 0. The van der Waals surface area contributed by atoms with Crippen LogP contribution in [0.25, 0.3) is 5.57 Å². The summed E-state index contributed by atoms with van der Waals surface area (Å²) in [5.41, 5.74) is 19.4. The Morgan fingerprint density at radius 2 is 1.27 bits per heavy atom. The number of benzene rings is 2. The third-order valence-corrected chi connectivity index (χ3v) is 4.10. The highest BCUT2D eigenvalue weighted by molar-refractivity contribution is 5.81. The molecule has 0 unspecified atom stereocenters. The quantitative estimate of drug-likeness (QED) is 0.765. The van der Waals surface area contributed by atoms with Gasteiger partial charge in [0.15, 0.2) is 0 Å². The van der Waals surface area contributed by atoms with Gasteiger partial charge in [0.25, 0.3) is 0 Å². The first-order valence-corrected chi connectivity index (χ1v) is 7.79. The smallest absolute Gasteiger partial charge is 0.0384 e. The average Bonchev–Trinajstić information content (AvgIpc) is 2.47. The van der Waals surface area contributed by atoms with Crippen molar-refractivity contribution in [2.24, 2.45) is 0 Å². The van der Waals surface area contributed by atoms with Crippen LogP contribution in [-0.4, -0.2) is 0 Å². The second-order valence-electron chi connectivity index (χ2n) is 6.48. The first kappa shape index (κ1) is 16.2. The van der Waals surface area contributed by atoms with Crippen LogP contribution >= 0.6 is 0 Å². The maximum Gasteiger partial charge on any atom is 0.0384 e. The molecule has 0 atom stereocenters. The molecule has 0 amide bonds. The van der Waals surface area contributed by atoms with Crippen LogP contribution in [0.3, 0.4) is 0 Å². The fraction of sp³-hybridized carbons (Fsp3) is 0.300. The predicted molar refractivity (Wildman–Crippen MR) is 98.0 cm³/mol. The van der Waals surface area contributed by atoms with Gasteiger partial charge in [-0.2, -0.15) is 0 Å². The topological polar surface area (TPSA) is 52.0 Å². The van der Waals surface area contributed by atoms with Gasteiger partial charge in [-0.1, -0.05) is 46.4 Å². The molecule has 2 aromatic rings. The number of nitrogens with two attached hydrogens (primary N) is 2. The molecule has 22 heavy (non-hydrogen) atoms. The fourth-order valence-electron chi connectivity index (χ4n) is 2.68. The predicted octanol–water partition coefficient (Wildman–Crippen LogP) is 5.16. The lowest BCUT2D eigenvalue weighted by Gasteiger charge is -2.19. The Kier molecular flexibility index (Phi) is 4.60. The molecule has 2 heteroatoms. The summed E-state index contributed by atoms with van der Waals surface area (Å²) >= 11 is 0. The van der Waals surface area contributed by atoms with E-state index in [0.29, 0.717) is 11.8 Å². The van der Waals surface area contributed by atoms with Gasteiger partial charge in [-0.05, 0) is 63.9 Å². The van der Waals surface area contributed by atoms with Crippen LogP contribution in [0.1, 0.15) is 61.8 Å². The van der Waals surface area contributed by atoms with Gasteiger partial charge >= 0.3 is 0 Å². The third kappa shape index (κ3) is 3.16. The molecule has 0 bridgehead atoms. The van der Waals surface area contributed by atoms with Crippen molar-refractivity contribution in [1.29, 1.82) is 0 Å². The van der Waals surface area contributed by atoms with Crippen molar-refractivity contribution < 1.29 is 0 Å². The number of anilines is 2. The average molecular weight is 294 g/mol. The molecule has 0 aliphatic heterocycles. The van der Waals surface area contributed by atoms with E-state index in [1.54, 1.807) is 0 Å². The van der Waals surface area contributed by atoms with Crippen LogP contribution in [0.4, 0.5) is 11.4 Å². The SMILES string of the molecule is C=C(c1ccc(N)cc1)c1cc(C(C)C)c(N)c(C(C)C)c1. The van der Waals surface area contributed by atoms with Crippen LogP contribution in [0.5, 0.6) is 0 Å². The minimum Gasteiger partial charge on any atom is -0.399 e. The minimum absolute atomic E-state index is 0.386. The third-order valence-electron chi connectivity index (χ3n) is 4.10. The zero-order chi connectivity index (χ0) is 16.4. The van der Waals surface area contributed by atoms with E-state index in [4.69, 9.17) is 11.5 Å². The summed E-state index contributed by atoms with van der Waals surface area (Å²) in [4.78, 5) is 0. The number of hydrogen-bond acceptors (Lipinski definition) is 2. The minimum atomic E-state index is 0.386. The van der Waals surface area contributed by atoms with Crippen LogP contribution in [0, 0.1) is 0 Å². The van der Waals surface area contributed by atoms with Crippen LogP contribution < -0.4 is 11.5 Å². The highest BCUT2D eigenvalue weighted by atomic mass is 14.6. The lowest BCUT2D eigenvalue weighted by molar-refractivity contribution is 0.839. The van der Waals surface area contributed by atoms with E-state index in [1.165, 1.54) is 11.1 Å². The van der Waals surface area contributed by atoms with Gasteiger partial charge in [0.2, 0.25) is 0 Å². The summed E-state index contributed by atoms with van der Waals surface area (Å²) in [7, 11) is 0. The highest BCUT2D eigenvalue weighted by Crippen LogP contribution is 2.35. The van der Waals surface area contributed by atoms with Crippen molar-refractivity contribution in [3.63, 3.8) is 0 Å². The number of rotatable bonds is 4. The van der Waals surface area contributed by atoms with Crippen molar-refractivity contribution in [1.82, 2.24) is 0 Å². The first-order chi connectivity index (χ1) is 10.3. The van der Waals surface area contributed by atoms with Crippen LogP contribution in [-0.2, 0) is 0 Å². The van der Waals surface area contributed by atoms with Crippen molar-refractivity contribution in [3.8, 4) is 0 Å². The van der Waals surface area contributed by atoms with Gasteiger partial charge in [0.05, 0.1) is 0 Å². The molecule has 0 aliphatic carbocycles. The van der Waals surface area contributed by atoms with Gasteiger partial charge in [-0.3, -0.25) is 0 Å². The normalized spacial score (nSPS) is 11.2. The fourth-order valence-corrected chi connectivity index (χ4v) is 2.68. The molecule has 0 aliphatic rings. The van der Waals surface area contributed by atoms with Crippen molar-refractivity contribution in [2.75, 3.05) is 11.5 Å². The molecule has 0 radical (unpaired) electrons. The maximum absolute atomic E-state index is 6.37. The monoisotopic (exact) mass is 294 g/mol. The van der Waals surface area contributed by atoms with Gasteiger partial charge < -0.3 is 11.5 Å². The Hall–Kier alpha value is -2.22. The molecule has 0 spiro atoms. The van der Waals surface area contributed by atoms with Crippen molar-refractivity contribution >= 4 is 16.9 Å². The van der Waals surface area contributed by atoms with E-state index in [-0.39, 0.29) is 0 Å². The molecule has 0 saturated carbocycles. The molecule has 0 heterocycles. The van der Waals surface area contributed by atoms with E-state index < -0.39 is 0 Å². The Labute approximate surface area is 133 Å². The van der Waals surface area contributed by atoms with Crippen molar-refractivity contribution in [3.05, 3.63) is 65.2 Å². The van der Waals surface area contributed by atoms with Gasteiger partial charge in [0.1, 0.15) is 0 Å². The molecular weight excluding hydrogens is 268 g/mol. The highest BCUT2D eigenvalue weighted by Gasteiger charge is 2.15. The molecule has 2 rings (SSSR count). The van der Waals surface area contributed by atoms with E-state index in [9.17, 15) is 0 Å². The molecular formula is C20H26N2. The van der Waals surface area contributed by atoms with Gasteiger partial charge in [0, 0.05) is 11.4 Å². The molecule has 2 aromatic carbocycles. The summed E-state index contributed by atoms with van der Waals surface area (Å²) in [5, 5.41) is 0. The zero-order valence-corrected chi connectivity index (χ0v) is 14.0. The molecule has 2 nitrogen and oxygen atoms in total. The van der Waals surface area contributed by atoms with E-state index in [2.05, 4.69) is 46.4 Å². The summed E-state index contributed by atoms with van der Waals surface area (Å²) in [6, 6.07) is 12.2. The zero-order valence-electron chi connectivity index (χ0n) is 14.0. The number of hydrogen-bond donors (Lipinski definition) is 2. The molecule has 0 saturated heterocycles. The lowest BCUT2D eigenvalue weighted by Crippen LogP contribution is -2.05. The molecule has 4 N–H and O–H groups in total. The maximum atomic E-state index is 6.37. The van der Waals surface area contributed by atoms with Crippen LogP contribution in [0.15, 0.2) is 43.0 Å². The number of nitrogen functional groups attached to an aromatic ring is 2. The second kappa shape index (κ2) is 6.27. The standard InChI is InChI=1S/C20H26N2/c1-12(2)18-10-16(11-19(13(3)4)20(18)22)14(5)15-6-8-17(21)9-7-15/h6-13H,5,21-22H2,1-4H3. The first-order valence-electron chi connectivity index (χ1n) is 7.79. The Morgan fingerprint density at radius 3 is 1.68 bits per heavy atom. The summed E-state index contributed by atoms with van der Waals surface area (Å²) in [6.07, 6.45) is 0.